The minimum absolute atomic E-state index is 0.0804. The van der Waals surface area contributed by atoms with Gasteiger partial charge in [-0.1, -0.05) is 167 Å². The third-order valence-corrected chi connectivity index (χ3v) is 8.83. The van der Waals surface area contributed by atoms with Crippen molar-refractivity contribution in [3.8, 4) is 0 Å². The van der Waals surface area contributed by atoms with Crippen molar-refractivity contribution in [1.29, 1.82) is 0 Å². The minimum Gasteiger partial charge on any atom is -0.462 e. The summed E-state index contributed by atoms with van der Waals surface area (Å²) >= 11 is 0. The van der Waals surface area contributed by atoms with Crippen LogP contribution in [0.3, 0.4) is 0 Å². The number of esters is 3. The van der Waals surface area contributed by atoms with E-state index in [0.717, 1.165) is 44.9 Å². The number of allylic oxidation sites excluding steroid dienone is 2. The maximum atomic E-state index is 12.4. The molecule has 0 radical (unpaired) electrons. The summed E-state index contributed by atoms with van der Waals surface area (Å²) in [6.45, 7) is 5.66. The molecule has 0 aromatic heterocycles. The number of hydrogen-bond acceptors (Lipinski definition) is 6. The van der Waals surface area contributed by atoms with E-state index in [9.17, 15) is 14.4 Å². The molecule has 0 rings (SSSR count). The molecule has 0 N–H and O–H groups in total. The van der Waals surface area contributed by atoms with Crippen LogP contribution in [0, 0.1) is 0 Å². The summed E-state index contributed by atoms with van der Waals surface area (Å²) in [5.41, 5.74) is 0. The van der Waals surface area contributed by atoms with Gasteiger partial charge >= 0.3 is 17.9 Å². The van der Waals surface area contributed by atoms with Crippen LogP contribution in [-0.4, -0.2) is 37.2 Å². The standard InChI is InChI=1S/C41H76O6/c1-4-6-8-10-12-14-16-18-20-22-24-26-28-30-32-34-40(43)46-37-39(36-45-38(3)42)47-41(44)35-33-31-29-27-25-23-21-19-17-15-13-11-9-7-5-2/h19,21,39H,4-18,20,22-37H2,1-3H3/b21-19-/t39-/m0/s1. The summed E-state index contributed by atoms with van der Waals surface area (Å²) in [5.74, 6) is -1.08. The Kier molecular flexibility index (Phi) is 35.5. The van der Waals surface area contributed by atoms with Crippen molar-refractivity contribution < 1.29 is 28.6 Å². The van der Waals surface area contributed by atoms with Crippen molar-refractivity contribution in [3.63, 3.8) is 0 Å². The minimum atomic E-state index is -0.764. The van der Waals surface area contributed by atoms with E-state index >= 15 is 0 Å². The van der Waals surface area contributed by atoms with Gasteiger partial charge in [0.05, 0.1) is 0 Å². The van der Waals surface area contributed by atoms with Gasteiger partial charge in [0.25, 0.3) is 0 Å². The SMILES string of the molecule is CCCCCCCC/C=C\CCCCCCCC(=O)O[C@@H](COC(C)=O)COC(=O)CCCCCCCCCCCCCCCCC. The quantitative estimate of drug-likeness (QED) is 0.0287. The molecule has 0 aromatic carbocycles. The van der Waals surface area contributed by atoms with Crippen LogP contribution in [0.5, 0.6) is 0 Å². The molecule has 0 bridgehead atoms. The highest BCUT2D eigenvalue weighted by molar-refractivity contribution is 5.70. The van der Waals surface area contributed by atoms with Crippen molar-refractivity contribution in [3.05, 3.63) is 12.2 Å². The molecule has 6 heteroatoms. The molecule has 0 saturated heterocycles. The van der Waals surface area contributed by atoms with E-state index in [0.29, 0.717) is 12.8 Å². The van der Waals surface area contributed by atoms with E-state index in [1.165, 1.54) is 142 Å². The Labute approximate surface area is 290 Å². The summed E-state index contributed by atoms with van der Waals surface area (Å²) in [4.78, 5) is 35.9. The van der Waals surface area contributed by atoms with Crippen LogP contribution in [0.15, 0.2) is 12.2 Å². The molecule has 276 valence electrons. The molecular weight excluding hydrogens is 588 g/mol. The monoisotopic (exact) mass is 665 g/mol. The molecule has 0 aliphatic heterocycles. The van der Waals surface area contributed by atoms with E-state index in [1.807, 2.05) is 0 Å². The predicted molar refractivity (Wildman–Crippen MR) is 196 cm³/mol. The zero-order chi connectivity index (χ0) is 34.5. The Morgan fingerprint density at radius 2 is 0.787 bits per heavy atom. The van der Waals surface area contributed by atoms with Gasteiger partial charge in [0.1, 0.15) is 13.2 Å². The highest BCUT2D eigenvalue weighted by atomic mass is 16.6. The first-order valence-corrected chi connectivity index (χ1v) is 20.1. The second-order valence-corrected chi connectivity index (χ2v) is 13.6. The lowest BCUT2D eigenvalue weighted by molar-refractivity contribution is -0.166. The molecule has 47 heavy (non-hydrogen) atoms. The van der Waals surface area contributed by atoms with E-state index in [-0.39, 0.29) is 25.2 Å². The van der Waals surface area contributed by atoms with Crippen molar-refractivity contribution in [2.24, 2.45) is 0 Å². The molecule has 0 fully saturated rings. The smallest absolute Gasteiger partial charge is 0.306 e. The van der Waals surface area contributed by atoms with Crippen LogP contribution < -0.4 is 0 Å². The number of unbranched alkanes of at least 4 members (excludes halogenated alkanes) is 25. The number of carbonyl (C=O) groups is 3. The van der Waals surface area contributed by atoms with Crippen LogP contribution in [0.2, 0.25) is 0 Å². The van der Waals surface area contributed by atoms with Crippen molar-refractivity contribution in [2.45, 2.75) is 219 Å². The third-order valence-electron chi connectivity index (χ3n) is 8.83. The summed E-state index contributed by atoms with van der Waals surface area (Å²) < 4.78 is 15.9. The molecule has 0 saturated carbocycles. The van der Waals surface area contributed by atoms with Gasteiger partial charge in [-0.15, -0.1) is 0 Å². The van der Waals surface area contributed by atoms with Gasteiger partial charge in [0, 0.05) is 19.8 Å². The van der Waals surface area contributed by atoms with Crippen molar-refractivity contribution in [1.82, 2.24) is 0 Å². The lowest BCUT2D eigenvalue weighted by atomic mass is 10.0. The van der Waals surface area contributed by atoms with Crippen LogP contribution in [0.4, 0.5) is 0 Å². The van der Waals surface area contributed by atoms with Crippen molar-refractivity contribution >= 4 is 17.9 Å². The summed E-state index contributed by atoms with van der Waals surface area (Å²) in [7, 11) is 0. The van der Waals surface area contributed by atoms with Gasteiger partial charge in [-0.25, -0.2) is 0 Å². The molecule has 0 aliphatic rings. The number of rotatable bonds is 36. The fourth-order valence-electron chi connectivity index (χ4n) is 5.81. The second-order valence-electron chi connectivity index (χ2n) is 13.6. The Bertz CT molecular complexity index is 733. The van der Waals surface area contributed by atoms with Crippen LogP contribution >= 0.6 is 0 Å². The van der Waals surface area contributed by atoms with Gasteiger partial charge in [0.2, 0.25) is 0 Å². The molecular formula is C41H76O6. The fraction of sp³-hybridized carbons (Fsp3) is 0.878. The Morgan fingerprint density at radius 1 is 0.447 bits per heavy atom. The largest absolute Gasteiger partial charge is 0.462 e. The van der Waals surface area contributed by atoms with Gasteiger partial charge in [-0.2, -0.15) is 0 Å². The highest BCUT2D eigenvalue weighted by Crippen LogP contribution is 2.15. The first kappa shape index (κ1) is 45.2. The topological polar surface area (TPSA) is 78.9 Å². The Morgan fingerprint density at radius 3 is 1.19 bits per heavy atom. The molecule has 0 heterocycles. The first-order chi connectivity index (χ1) is 23.0. The number of carbonyl (C=O) groups excluding carboxylic acids is 3. The average Bonchev–Trinajstić information content (AvgIpc) is 3.05. The molecule has 0 unspecified atom stereocenters. The summed E-state index contributed by atoms with van der Waals surface area (Å²) in [5, 5.41) is 0. The zero-order valence-corrected chi connectivity index (χ0v) is 31.3. The lowest BCUT2D eigenvalue weighted by Gasteiger charge is -2.17. The zero-order valence-electron chi connectivity index (χ0n) is 31.3. The molecule has 0 aliphatic carbocycles. The number of hydrogen-bond donors (Lipinski definition) is 0. The van der Waals surface area contributed by atoms with Gasteiger partial charge in [0.15, 0.2) is 6.10 Å². The van der Waals surface area contributed by atoms with Crippen molar-refractivity contribution in [2.75, 3.05) is 13.2 Å². The molecule has 0 amide bonds. The van der Waals surface area contributed by atoms with Crippen LogP contribution in [-0.2, 0) is 28.6 Å². The van der Waals surface area contributed by atoms with E-state index in [2.05, 4.69) is 26.0 Å². The predicted octanol–water partition coefficient (Wildman–Crippen LogP) is 12.3. The summed E-state index contributed by atoms with van der Waals surface area (Å²) in [6.07, 6.45) is 39.4. The van der Waals surface area contributed by atoms with Crippen LogP contribution in [0.25, 0.3) is 0 Å². The Hall–Kier alpha value is -1.85. The van der Waals surface area contributed by atoms with Gasteiger partial charge in [-0.05, 0) is 38.5 Å². The summed E-state index contributed by atoms with van der Waals surface area (Å²) in [6, 6.07) is 0. The van der Waals surface area contributed by atoms with Crippen LogP contribution in [0.1, 0.15) is 213 Å². The maximum absolute atomic E-state index is 12.4. The van der Waals surface area contributed by atoms with Gasteiger partial charge < -0.3 is 14.2 Å². The van der Waals surface area contributed by atoms with E-state index < -0.39 is 12.1 Å². The molecule has 6 nitrogen and oxygen atoms in total. The average molecular weight is 665 g/mol. The maximum Gasteiger partial charge on any atom is 0.306 e. The number of ether oxygens (including phenoxy) is 3. The third kappa shape index (κ3) is 36.8. The molecule has 0 spiro atoms. The second kappa shape index (κ2) is 37.0. The Balaban J connectivity index is 3.83. The fourth-order valence-corrected chi connectivity index (χ4v) is 5.81. The van der Waals surface area contributed by atoms with E-state index in [4.69, 9.17) is 14.2 Å². The molecule has 0 aromatic rings. The first-order valence-electron chi connectivity index (χ1n) is 20.1. The lowest BCUT2D eigenvalue weighted by Crippen LogP contribution is -2.30. The normalized spacial score (nSPS) is 12.0. The van der Waals surface area contributed by atoms with E-state index in [1.54, 1.807) is 0 Å². The van der Waals surface area contributed by atoms with Gasteiger partial charge in [-0.3, -0.25) is 14.4 Å². The highest BCUT2D eigenvalue weighted by Gasteiger charge is 2.18. The molecule has 1 atom stereocenters.